The van der Waals surface area contributed by atoms with E-state index < -0.39 is 16.0 Å². The Kier molecular flexibility index (Phi) is 5.13. The zero-order valence-corrected chi connectivity index (χ0v) is 14.8. The van der Waals surface area contributed by atoms with Crippen molar-refractivity contribution in [2.24, 2.45) is 0 Å². The molecule has 2 N–H and O–H groups in total. The van der Waals surface area contributed by atoms with E-state index in [9.17, 15) is 18.0 Å². The first kappa shape index (κ1) is 18.5. The van der Waals surface area contributed by atoms with E-state index in [0.29, 0.717) is 11.1 Å². The van der Waals surface area contributed by atoms with Crippen LogP contribution in [-0.4, -0.2) is 44.4 Å². The molecule has 0 aromatic heterocycles. The lowest BCUT2D eigenvalue weighted by molar-refractivity contribution is 0.0695. The van der Waals surface area contributed by atoms with Gasteiger partial charge in [-0.25, -0.2) is 13.2 Å². The Labute approximate surface area is 146 Å². The summed E-state index contributed by atoms with van der Waals surface area (Å²) in [7, 11) is -0.701. The molecule has 132 valence electrons. The van der Waals surface area contributed by atoms with E-state index in [1.807, 2.05) is 0 Å². The number of carbonyl (C=O) groups is 2. The summed E-state index contributed by atoms with van der Waals surface area (Å²) in [6.45, 7) is 1.59. The molecule has 0 bridgehead atoms. The topological polar surface area (TPSA) is 104 Å². The van der Waals surface area contributed by atoms with Crippen LogP contribution < -0.4 is 4.72 Å². The molecular weight excluding hydrogens is 344 g/mol. The first-order valence-corrected chi connectivity index (χ1v) is 8.78. The van der Waals surface area contributed by atoms with Crippen LogP contribution in [0.15, 0.2) is 47.4 Å². The molecule has 0 saturated heterocycles. The molecule has 0 radical (unpaired) electrons. The van der Waals surface area contributed by atoms with Gasteiger partial charge in [-0.05, 0) is 48.9 Å². The highest BCUT2D eigenvalue weighted by molar-refractivity contribution is 7.92. The molecule has 0 saturated carbocycles. The van der Waals surface area contributed by atoms with Gasteiger partial charge in [0.2, 0.25) is 0 Å². The van der Waals surface area contributed by atoms with Gasteiger partial charge in [-0.2, -0.15) is 0 Å². The van der Waals surface area contributed by atoms with Crippen LogP contribution in [0.4, 0.5) is 5.69 Å². The van der Waals surface area contributed by atoms with E-state index in [1.165, 1.54) is 41.3 Å². The van der Waals surface area contributed by atoms with Gasteiger partial charge in [0.25, 0.3) is 15.9 Å². The fourth-order valence-corrected chi connectivity index (χ4v) is 3.24. The fourth-order valence-electron chi connectivity index (χ4n) is 2.15. The zero-order valence-electron chi connectivity index (χ0n) is 14.0. The number of aryl methyl sites for hydroxylation is 1. The lowest BCUT2D eigenvalue weighted by Crippen LogP contribution is -2.21. The minimum atomic E-state index is -3.94. The van der Waals surface area contributed by atoms with E-state index in [0.717, 1.165) is 6.07 Å². The third-order valence-electron chi connectivity index (χ3n) is 3.54. The van der Waals surface area contributed by atoms with Crippen LogP contribution in [-0.2, 0) is 10.0 Å². The van der Waals surface area contributed by atoms with Crippen LogP contribution in [0.2, 0.25) is 0 Å². The van der Waals surface area contributed by atoms with E-state index in [2.05, 4.69) is 4.72 Å². The van der Waals surface area contributed by atoms with Crippen molar-refractivity contribution in [3.8, 4) is 0 Å². The number of carboxylic acid groups (broad SMARTS) is 1. The molecule has 0 spiro atoms. The average molecular weight is 362 g/mol. The van der Waals surface area contributed by atoms with Crippen LogP contribution in [0.5, 0.6) is 0 Å². The number of anilines is 1. The molecule has 2 rings (SSSR count). The van der Waals surface area contributed by atoms with E-state index in [1.54, 1.807) is 21.0 Å². The summed E-state index contributed by atoms with van der Waals surface area (Å²) < 4.78 is 27.2. The lowest BCUT2D eigenvalue weighted by atomic mass is 10.1. The fraction of sp³-hybridized carbons (Fsp3) is 0.176. The van der Waals surface area contributed by atoms with Gasteiger partial charge in [-0.1, -0.05) is 6.07 Å². The quantitative estimate of drug-likeness (QED) is 0.848. The number of aromatic carboxylic acids is 1. The van der Waals surface area contributed by atoms with Gasteiger partial charge in [0, 0.05) is 25.3 Å². The third kappa shape index (κ3) is 4.16. The standard InChI is InChI=1S/C17H18N2O5S/c1-11-4-9-14(10-15(11)17(21)22)25(23,24)18-13-7-5-12(6-8-13)16(20)19(2)3/h4-10,18H,1-3H3,(H,21,22). The summed E-state index contributed by atoms with van der Waals surface area (Å²) in [5, 5.41) is 9.12. The SMILES string of the molecule is Cc1ccc(S(=O)(=O)Nc2ccc(C(=O)N(C)C)cc2)cc1C(=O)O. The number of carboxylic acids is 1. The minimum absolute atomic E-state index is 0.0743. The second-order valence-corrected chi connectivity index (χ2v) is 7.35. The predicted molar refractivity (Wildman–Crippen MR) is 93.4 cm³/mol. The number of benzene rings is 2. The van der Waals surface area contributed by atoms with Crippen LogP contribution in [0.1, 0.15) is 26.3 Å². The summed E-state index contributed by atoms with van der Waals surface area (Å²) in [4.78, 5) is 24.3. The van der Waals surface area contributed by atoms with E-state index in [-0.39, 0.29) is 22.1 Å². The van der Waals surface area contributed by atoms with Gasteiger partial charge in [0.15, 0.2) is 0 Å². The molecule has 1 amide bonds. The molecule has 2 aromatic carbocycles. The van der Waals surface area contributed by atoms with E-state index >= 15 is 0 Å². The highest BCUT2D eigenvalue weighted by Crippen LogP contribution is 2.20. The maximum absolute atomic E-state index is 12.4. The summed E-state index contributed by atoms with van der Waals surface area (Å²) in [6, 6.07) is 9.87. The number of amides is 1. The first-order valence-electron chi connectivity index (χ1n) is 7.30. The van der Waals surface area contributed by atoms with Crippen LogP contribution in [0.3, 0.4) is 0 Å². The Hall–Kier alpha value is -2.87. The molecule has 25 heavy (non-hydrogen) atoms. The largest absolute Gasteiger partial charge is 0.478 e. The van der Waals surface area contributed by atoms with Crippen molar-refractivity contribution >= 4 is 27.6 Å². The third-order valence-corrected chi connectivity index (χ3v) is 4.92. The smallest absolute Gasteiger partial charge is 0.335 e. The number of rotatable bonds is 5. The highest BCUT2D eigenvalue weighted by atomic mass is 32.2. The van der Waals surface area contributed by atoms with Crippen molar-refractivity contribution in [1.82, 2.24) is 4.90 Å². The minimum Gasteiger partial charge on any atom is -0.478 e. The average Bonchev–Trinajstić information content (AvgIpc) is 2.54. The van der Waals surface area contributed by atoms with Crippen LogP contribution in [0.25, 0.3) is 0 Å². The summed E-state index contributed by atoms with van der Waals surface area (Å²) in [5.41, 5.74) is 1.09. The van der Waals surface area contributed by atoms with Crippen molar-refractivity contribution in [3.05, 3.63) is 59.2 Å². The summed E-state index contributed by atoms with van der Waals surface area (Å²) in [5.74, 6) is -1.39. The Bertz CT molecular complexity index is 919. The van der Waals surface area contributed by atoms with Gasteiger partial charge >= 0.3 is 5.97 Å². The van der Waals surface area contributed by atoms with Crippen molar-refractivity contribution in [1.29, 1.82) is 0 Å². The molecule has 0 aliphatic rings. The second-order valence-electron chi connectivity index (χ2n) is 5.66. The monoisotopic (exact) mass is 362 g/mol. The lowest BCUT2D eigenvalue weighted by Gasteiger charge is -2.12. The van der Waals surface area contributed by atoms with Crippen molar-refractivity contribution in [2.75, 3.05) is 18.8 Å². The number of hydrogen-bond acceptors (Lipinski definition) is 4. The maximum atomic E-state index is 12.4. The van der Waals surface area contributed by atoms with Gasteiger partial charge < -0.3 is 10.0 Å². The molecule has 0 heterocycles. The molecule has 0 atom stereocenters. The number of carbonyl (C=O) groups excluding carboxylic acids is 1. The Morgan fingerprint density at radius 1 is 1.04 bits per heavy atom. The predicted octanol–water partition coefficient (Wildman–Crippen LogP) is 2.20. The van der Waals surface area contributed by atoms with Gasteiger partial charge in [0.1, 0.15) is 0 Å². The van der Waals surface area contributed by atoms with Crippen molar-refractivity contribution in [2.45, 2.75) is 11.8 Å². The Morgan fingerprint density at radius 2 is 1.64 bits per heavy atom. The molecule has 2 aromatic rings. The molecule has 8 heteroatoms. The maximum Gasteiger partial charge on any atom is 0.335 e. The van der Waals surface area contributed by atoms with Gasteiger partial charge in [-0.15, -0.1) is 0 Å². The van der Waals surface area contributed by atoms with Gasteiger partial charge in [-0.3, -0.25) is 9.52 Å². The van der Waals surface area contributed by atoms with Crippen LogP contribution >= 0.6 is 0 Å². The Balaban J connectivity index is 2.29. The normalized spacial score (nSPS) is 11.0. The number of nitrogens with zero attached hydrogens (tertiary/aromatic N) is 1. The van der Waals surface area contributed by atoms with Crippen molar-refractivity contribution < 1.29 is 23.1 Å². The molecule has 7 nitrogen and oxygen atoms in total. The molecule has 0 aliphatic carbocycles. The number of nitrogens with one attached hydrogen (secondary N) is 1. The van der Waals surface area contributed by atoms with Crippen LogP contribution in [0, 0.1) is 6.92 Å². The zero-order chi connectivity index (χ0) is 18.8. The van der Waals surface area contributed by atoms with E-state index in [4.69, 9.17) is 5.11 Å². The molecule has 0 aliphatic heterocycles. The number of sulfonamides is 1. The molecule has 0 unspecified atom stereocenters. The molecule has 0 fully saturated rings. The molecular formula is C17H18N2O5S. The number of hydrogen-bond donors (Lipinski definition) is 2. The highest BCUT2D eigenvalue weighted by Gasteiger charge is 2.18. The second kappa shape index (κ2) is 6.94. The first-order chi connectivity index (χ1) is 11.6. The summed E-state index contributed by atoms with van der Waals surface area (Å²) >= 11 is 0. The van der Waals surface area contributed by atoms with Crippen molar-refractivity contribution in [3.63, 3.8) is 0 Å². The van der Waals surface area contributed by atoms with Gasteiger partial charge in [0.05, 0.1) is 10.5 Å². The summed E-state index contributed by atoms with van der Waals surface area (Å²) in [6.07, 6.45) is 0. The Morgan fingerprint density at radius 3 is 2.16 bits per heavy atom.